The summed E-state index contributed by atoms with van der Waals surface area (Å²) in [6.07, 6.45) is 2.19. The third-order valence-corrected chi connectivity index (χ3v) is 6.29. The van der Waals surface area contributed by atoms with Crippen molar-refractivity contribution in [3.05, 3.63) is 23.3 Å². The maximum atomic E-state index is 12.5. The van der Waals surface area contributed by atoms with Gasteiger partial charge in [0.1, 0.15) is 17.7 Å². The highest BCUT2D eigenvalue weighted by molar-refractivity contribution is 8.04. The summed E-state index contributed by atoms with van der Waals surface area (Å²) in [5.74, 6) is -1.82. The van der Waals surface area contributed by atoms with Gasteiger partial charge in [-0.3, -0.25) is 19.4 Å². The molecule has 9 heteroatoms. The number of thioether (sulfide) groups is 1. The van der Waals surface area contributed by atoms with E-state index >= 15 is 0 Å². The summed E-state index contributed by atoms with van der Waals surface area (Å²) < 4.78 is 5.15. The van der Waals surface area contributed by atoms with E-state index < -0.39 is 18.0 Å². The minimum atomic E-state index is -0.800. The number of ether oxygens (including phenoxy) is 1. The molecule has 4 atom stereocenters. The van der Waals surface area contributed by atoms with Gasteiger partial charge in [-0.1, -0.05) is 12.7 Å². The second-order valence-electron chi connectivity index (χ2n) is 6.67. The van der Waals surface area contributed by atoms with Gasteiger partial charge in [0.25, 0.3) is 0 Å². The number of carbonyl (C=O) groups excluding carboxylic acids is 3. The van der Waals surface area contributed by atoms with E-state index in [2.05, 4.69) is 6.58 Å². The number of amides is 2. The molecule has 0 aromatic heterocycles. The molecule has 0 unspecified atom stereocenters. The van der Waals surface area contributed by atoms with Gasteiger partial charge in [0.2, 0.25) is 11.8 Å². The summed E-state index contributed by atoms with van der Waals surface area (Å²) in [4.78, 5) is 40.6. The lowest BCUT2D eigenvalue weighted by molar-refractivity contribution is -0.158. The summed E-state index contributed by atoms with van der Waals surface area (Å²) >= 11 is 1.38. The Hall–Kier alpha value is -1.84. The highest BCUT2D eigenvalue weighted by Crippen LogP contribution is 2.50. The number of aliphatic hydroxyl groups excluding tert-OH is 1. The number of likely N-dealkylation sites (tertiary alicyclic amines) is 1. The van der Waals surface area contributed by atoms with E-state index in [0.717, 1.165) is 6.42 Å². The first-order valence-electron chi connectivity index (χ1n) is 8.59. The van der Waals surface area contributed by atoms with Crippen molar-refractivity contribution in [2.24, 2.45) is 11.7 Å². The first-order chi connectivity index (χ1) is 12.4. The number of primary amides is 1. The number of fused-ring (bicyclic) bond motifs is 1. The van der Waals surface area contributed by atoms with Crippen LogP contribution in [0.5, 0.6) is 0 Å². The van der Waals surface area contributed by atoms with E-state index in [1.807, 2.05) is 4.90 Å². The van der Waals surface area contributed by atoms with Crippen LogP contribution in [0.15, 0.2) is 23.3 Å². The molecule has 3 aliphatic heterocycles. The molecular weight excluding hydrogens is 358 g/mol. The number of hydrogen-bond donors (Lipinski definition) is 2. The minimum absolute atomic E-state index is 0.0421. The Morgan fingerprint density at radius 1 is 1.54 bits per heavy atom. The van der Waals surface area contributed by atoms with Gasteiger partial charge in [-0.05, 0) is 26.3 Å². The summed E-state index contributed by atoms with van der Waals surface area (Å²) in [6, 6.07) is -0.370. The molecule has 2 amide bonds. The molecule has 0 radical (unpaired) electrons. The number of esters is 1. The molecule has 3 heterocycles. The van der Waals surface area contributed by atoms with Crippen LogP contribution in [0.1, 0.15) is 19.8 Å². The van der Waals surface area contributed by atoms with Gasteiger partial charge in [0, 0.05) is 11.4 Å². The van der Waals surface area contributed by atoms with Crippen LogP contribution in [0, 0.1) is 5.92 Å². The van der Waals surface area contributed by atoms with Gasteiger partial charge >= 0.3 is 5.97 Å². The predicted octanol–water partition coefficient (Wildman–Crippen LogP) is -0.211. The van der Waals surface area contributed by atoms with Crippen LogP contribution in [0.25, 0.3) is 0 Å². The quantitative estimate of drug-likeness (QED) is 0.356. The fourth-order valence-electron chi connectivity index (χ4n) is 3.68. The zero-order valence-corrected chi connectivity index (χ0v) is 15.4. The first kappa shape index (κ1) is 18.9. The highest BCUT2D eigenvalue weighted by atomic mass is 32.2. The second kappa shape index (κ2) is 7.42. The SMILES string of the molecule is C=CCOC(=O)C1=C(CN2CCC[C@H]2C(N)=O)S[C@@H]2[C@@H]([C@@H](C)O)C(=O)N12. The van der Waals surface area contributed by atoms with Crippen LogP contribution in [-0.2, 0) is 19.1 Å². The van der Waals surface area contributed by atoms with E-state index in [4.69, 9.17) is 10.5 Å². The zero-order valence-electron chi connectivity index (χ0n) is 14.6. The van der Waals surface area contributed by atoms with Crippen molar-refractivity contribution < 1.29 is 24.2 Å². The zero-order chi connectivity index (χ0) is 19.0. The van der Waals surface area contributed by atoms with Crippen molar-refractivity contribution in [2.75, 3.05) is 19.7 Å². The van der Waals surface area contributed by atoms with Gasteiger partial charge in [0.05, 0.1) is 18.1 Å². The normalized spacial score (nSPS) is 29.4. The second-order valence-corrected chi connectivity index (χ2v) is 7.88. The third-order valence-electron chi connectivity index (χ3n) is 4.94. The standard InChI is InChI=1S/C17H23N3O5S/c1-3-7-25-17(24)13-11(8-19-6-4-5-10(19)14(18)22)26-16-12(9(2)21)15(23)20(13)16/h3,9-10,12,16,21H,1,4-8H2,2H3,(H2,18,22)/t9-,10+,12+,16-/m1/s1. The number of nitrogens with two attached hydrogens (primary N) is 1. The molecule has 3 rings (SSSR count). The minimum Gasteiger partial charge on any atom is -0.457 e. The summed E-state index contributed by atoms with van der Waals surface area (Å²) in [5, 5.41) is 9.54. The lowest BCUT2D eigenvalue weighted by Crippen LogP contribution is -2.60. The van der Waals surface area contributed by atoms with Gasteiger partial charge in [-0.2, -0.15) is 0 Å². The molecule has 8 nitrogen and oxygen atoms in total. The lowest BCUT2D eigenvalue weighted by Gasteiger charge is -2.43. The number of carbonyl (C=O) groups is 3. The fraction of sp³-hybridized carbons (Fsp3) is 0.588. The summed E-state index contributed by atoms with van der Waals surface area (Å²) in [6.45, 7) is 6.18. The molecule has 0 saturated carbocycles. The van der Waals surface area contributed by atoms with Crippen molar-refractivity contribution in [3.8, 4) is 0 Å². The molecule has 0 spiro atoms. The maximum Gasteiger partial charge on any atom is 0.356 e. The topological polar surface area (TPSA) is 113 Å². The Morgan fingerprint density at radius 3 is 2.88 bits per heavy atom. The Kier molecular flexibility index (Phi) is 5.40. The monoisotopic (exact) mass is 381 g/mol. The molecule has 0 aliphatic carbocycles. The number of hydrogen-bond acceptors (Lipinski definition) is 7. The summed E-state index contributed by atoms with van der Waals surface area (Å²) in [5.41, 5.74) is 5.68. The molecule has 142 valence electrons. The van der Waals surface area contributed by atoms with Crippen molar-refractivity contribution in [3.63, 3.8) is 0 Å². The van der Waals surface area contributed by atoms with Crippen molar-refractivity contribution in [1.29, 1.82) is 0 Å². The van der Waals surface area contributed by atoms with Crippen molar-refractivity contribution in [2.45, 2.75) is 37.3 Å². The van der Waals surface area contributed by atoms with E-state index in [1.54, 1.807) is 6.92 Å². The van der Waals surface area contributed by atoms with Crippen molar-refractivity contribution >= 4 is 29.5 Å². The molecule has 3 N–H and O–H groups in total. The van der Waals surface area contributed by atoms with Crippen LogP contribution in [0.4, 0.5) is 0 Å². The fourth-order valence-corrected chi connectivity index (χ4v) is 5.31. The Morgan fingerprint density at radius 2 is 2.27 bits per heavy atom. The largest absolute Gasteiger partial charge is 0.457 e. The van der Waals surface area contributed by atoms with Crippen LogP contribution in [0.2, 0.25) is 0 Å². The Labute approximate surface area is 156 Å². The smallest absolute Gasteiger partial charge is 0.356 e. The van der Waals surface area contributed by atoms with Gasteiger partial charge in [-0.15, -0.1) is 11.8 Å². The molecule has 26 heavy (non-hydrogen) atoms. The maximum absolute atomic E-state index is 12.5. The average molecular weight is 381 g/mol. The number of rotatable bonds is 7. The van der Waals surface area contributed by atoms with E-state index in [9.17, 15) is 19.5 Å². The third kappa shape index (κ3) is 3.15. The molecule has 0 aromatic rings. The number of β-lactam (4-membered cyclic amide) rings is 1. The Balaban J connectivity index is 1.85. The lowest BCUT2D eigenvalue weighted by atomic mass is 9.92. The predicted molar refractivity (Wildman–Crippen MR) is 95.4 cm³/mol. The van der Waals surface area contributed by atoms with Crippen LogP contribution < -0.4 is 5.73 Å². The molecule has 0 aromatic carbocycles. The number of aliphatic hydroxyl groups is 1. The Bertz CT molecular complexity index is 677. The number of nitrogens with zero attached hydrogens (tertiary/aromatic N) is 2. The van der Waals surface area contributed by atoms with E-state index in [1.165, 1.54) is 22.7 Å². The average Bonchev–Trinajstić information content (AvgIpc) is 3.15. The molecular formula is C17H23N3O5S. The molecule has 2 saturated heterocycles. The van der Waals surface area contributed by atoms with Crippen LogP contribution >= 0.6 is 11.8 Å². The molecule has 2 fully saturated rings. The highest BCUT2D eigenvalue weighted by Gasteiger charge is 2.58. The van der Waals surface area contributed by atoms with Gasteiger partial charge in [-0.25, -0.2) is 4.79 Å². The first-order valence-corrected chi connectivity index (χ1v) is 9.47. The van der Waals surface area contributed by atoms with Gasteiger partial charge < -0.3 is 15.6 Å². The van der Waals surface area contributed by atoms with Crippen LogP contribution in [0.3, 0.4) is 0 Å². The van der Waals surface area contributed by atoms with E-state index in [0.29, 0.717) is 24.4 Å². The van der Waals surface area contributed by atoms with Crippen molar-refractivity contribution in [1.82, 2.24) is 9.80 Å². The van der Waals surface area contributed by atoms with Gasteiger partial charge in [0.15, 0.2) is 0 Å². The van der Waals surface area contributed by atoms with Crippen LogP contribution in [-0.4, -0.2) is 69.9 Å². The molecule has 3 aliphatic rings. The van der Waals surface area contributed by atoms with E-state index in [-0.39, 0.29) is 35.5 Å². The molecule has 0 bridgehead atoms. The summed E-state index contributed by atoms with van der Waals surface area (Å²) in [7, 11) is 0.